The second kappa shape index (κ2) is 7.98. The average Bonchev–Trinajstić information content (AvgIpc) is 2.89. The van der Waals surface area contributed by atoms with Crippen LogP contribution in [0.1, 0.15) is 31.4 Å². The second-order valence-corrected chi connectivity index (χ2v) is 5.80. The Labute approximate surface area is 126 Å². The monoisotopic (exact) mass is 291 g/mol. The van der Waals surface area contributed by atoms with Crippen molar-refractivity contribution in [3.05, 3.63) is 30.1 Å². The average molecular weight is 291 g/mol. The molecule has 5 heteroatoms. The van der Waals surface area contributed by atoms with Gasteiger partial charge in [-0.25, -0.2) is 4.79 Å². The molecule has 1 saturated carbocycles. The summed E-state index contributed by atoms with van der Waals surface area (Å²) in [7, 11) is 1.79. The van der Waals surface area contributed by atoms with Gasteiger partial charge >= 0.3 is 6.03 Å². The minimum Gasteiger partial charge on any atom is -0.393 e. The summed E-state index contributed by atoms with van der Waals surface area (Å²) in [6, 6.07) is 5.81. The molecule has 2 amide bonds. The van der Waals surface area contributed by atoms with Crippen LogP contribution in [0.3, 0.4) is 0 Å². The molecule has 0 aliphatic heterocycles. The van der Waals surface area contributed by atoms with E-state index in [0.29, 0.717) is 13.1 Å². The molecule has 1 heterocycles. The van der Waals surface area contributed by atoms with E-state index in [4.69, 9.17) is 0 Å². The molecule has 0 spiro atoms. The predicted octanol–water partition coefficient (Wildman–Crippen LogP) is 1.82. The van der Waals surface area contributed by atoms with Crippen LogP contribution in [-0.4, -0.2) is 47.3 Å². The first kappa shape index (κ1) is 15.8. The van der Waals surface area contributed by atoms with E-state index in [-0.39, 0.29) is 18.1 Å². The lowest BCUT2D eigenvalue weighted by Crippen LogP contribution is -2.41. The Hall–Kier alpha value is -1.62. The fourth-order valence-electron chi connectivity index (χ4n) is 2.81. The van der Waals surface area contributed by atoms with E-state index >= 15 is 0 Å². The lowest BCUT2D eigenvalue weighted by molar-refractivity contribution is 0.114. The molecule has 1 aliphatic rings. The van der Waals surface area contributed by atoms with Gasteiger partial charge in [0.05, 0.1) is 6.10 Å². The third-order valence-electron chi connectivity index (χ3n) is 4.09. The molecule has 0 aromatic carbocycles. The number of hydrogen-bond acceptors (Lipinski definition) is 3. The molecule has 1 aromatic rings. The number of carbonyl (C=O) groups excluding carboxylic acids is 1. The fourth-order valence-corrected chi connectivity index (χ4v) is 2.81. The Morgan fingerprint density at radius 2 is 2.33 bits per heavy atom. The Morgan fingerprint density at radius 3 is 3.00 bits per heavy atom. The number of aliphatic hydroxyl groups is 1. The fraction of sp³-hybridized carbons (Fsp3) is 0.625. The summed E-state index contributed by atoms with van der Waals surface area (Å²) in [5.74, 6) is 0.231. The summed E-state index contributed by atoms with van der Waals surface area (Å²) in [6.07, 6.45) is 6.22. The van der Waals surface area contributed by atoms with Gasteiger partial charge in [-0.15, -0.1) is 0 Å². The molecule has 1 aliphatic carbocycles. The normalized spacial score (nSPS) is 21.2. The molecule has 1 aromatic heterocycles. The maximum absolute atomic E-state index is 12.0. The van der Waals surface area contributed by atoms with Crippen LogP contribution < -0.4 is 5.32 Å². The highest BCUT2D eigenvalue weighted by Gasteiger charge is 2.27. The minimum absolute atomic E-state index is 0.0601. The number of nitrogens with one attached hydrogen (secondary N) is 1. The van der Waals surface area contributed by atoms with Gasteiger partial charge in [0.1, 0.15) is 0 Å². The number of aryl methyl sites for hydroxylation is 1. The zero-order valence-electron chi connectivity index (χ0n) is 12.7. The van der Waals surface area contributed by atoms with Crippen molar-refractivity contribution in [2.45, 2.75) is 38.2 Å². The lowest BCUT2D eigenvalue weighted by Gasteiger charge is -2.23. The molecule has 0 unspecified atom stereocenters. The van der Waals surface area contributed by atoms with Crippen molar-refractivity contribution in [2.75, 3.05) is 20.1 Å². The van der Waals surface area contributed by atoms with E-state index in [1.165, 1.54) is 0 Å². The molecular formula is C16H25N3O2. The van der Waals surface area contributed by atoms with Gasteiger partial charge < -0.3 is 15.3 Å². The second-order valence-electron chi connectivity index (χ2n) is 5.80. The number of aliphatic hydroxyl groups excluding tert-OH is 1. The molecule has 2 N–H and O–H groups in total. The number of urea groups is 1. The molecule has 21 heavy (non-hydrogen) atoms. The van der Waals surface area contributed by atoms with Crippen molar-refractivity contribution in [3.8, 4) is 0 Å². The molecule has 1 fully saturated rings. The Balaban J connectivity index is 1.62. The summed E-state index contributed by atoms with van der Waals surface area (Å²) in [5.41, 5.74) is 1.05. The number of aromatic nitrogens is 1. The number of carbonyl (C=O) groups is 1. The Kier molecular flexibility index (Phi) is 5.99. The van der Waals surface area contributed by atoms with Crippen LogP contribution in [0.2, 0.25) is 0 Å². The molecule has 2 atom stereocenters. The Morgan fingerprint density at radius 1 is 1.48 bits per heavy atom. The van der Waals surface area contributed by atoms with Crippen molar-refractivity contribution in [1.29, 1.82) is 0 Å². The summed E-state index contributed by atoms with van der Waals surface area (Å²) in [6.45, 7) is 1.28. The minimum atomic E-state index is -0.246. The molecule has 2 rings (SSSR count). The van der Waals surface area contributed by atoms with E-state index in [1.54, 1.807) is 18.1 Å². The largest absolute Gasteiger partial charge is 0.393 e. The summed E-state index contributed by atoms with van der Waals surface area (Å²) < 4.78 is 0. The standard InChI is InChI=1S/C16H25N3O2/c1-19(12-13-6-4-9-15(13)20)16(21)18-11-5-8-14-7-2-3-10-17-14/h2-3,7,10,13,15,20H,4-6,8-9,11-12H2,1H3,(H,18,21)/t13-,15+/m1/s1. The van der Waals surface area contributed by atoms with Crippen LogP contribution in [-0.2, 0) is 6.42 Å². The van der Waals surface area contributed by atoms with Crippen LogP contribution >= 0.6 is 0 Å². The number of pyridine rings is 1. The first-order chi connectivity index (χ1) is 10.2. The lowest BCUT2D eigenvalue weighted by atomic mass is 10.1. The van der Waals surface area contributed by atoms with Crippen molar-refractivity contribution >= 4 is 6.03 Å². The van der Waals surface area contributed by atoms with Crippen LogP contribution in [0, 0.1) is 5.92 Å². The highest BCUT2D eigenvalue weighted by Crippen LogP contribution is 2.25. The zero-order chi connectivity index (χ0) is 15.1. The van der Waals surface area contributed by atoms with Gasteiger partial charge in [0.25, 0.3) is 0 Å². The smallest absolute Gasteiger partial charge is 0.317 e. The first-order valence-corrected chi connectivity index (χ1v) is 7.74. The van der Waals surface area contributed by atoms with Gasteiger partial charge in [0, 0.05) is 37.9 Å². The zero-order valence-corrected chi connectivity index (χ0v) is 12.7. The van der Waals surface area contributed by atoms with Crippen molar-refractivity contribution < 1.29 is 9.90 Å². The van der Waals surface area contributed by atoms with E-state index in [9.17, 15) is 9.90 Å². The predicted molar refractivity (Wildman–Crippen MR) is 81.9 cm³/mol. The summed E-state index contributed by atoms with van der Waals surface area (Å²) in [4.78, 5) is 17.9. The molecule has 5 nitrogen and oxygen atoms in total. The van der Waals surface area contributed by atoms with Crippen LogP contribution in [0.5, 0.6) is 0 Å². The summed E-state index contributed by atoms with van der Waals surface area (Å²) >= 11 is 0. The van der Waals surface area contributed by atoms with Gasteiger partial charge in [-0.2, -0.15) is 0 Å². The van der Waals surface area contributed by atoms with Gasteiger partial charge in [-0.05, 0) is 37.8 Å². The molecule has 0 bridgehead atoms. The van der Waals surface area contributed by atoms with Crippen molar-refractivity contribution in [3.63, 3.8) is 0 Å². The van der Waals surface area contributed by atoms with E-state index in [0.717, 1.165) is 37.8 Å². The number of nitrogens with zero attached hydrogens (tertiary/aromatic N) is 2. The number of hydrogen-bond donors (Lipinski definition) is 2. The van der Waals surface area contributed by atoms with Crippen LogP contribution in [0.4, 0.5) is 4.79 Å². The van der Waals surface area contributed by atoms with Crippen molar-refractivity contribution in [1.82, 2.24) is 15.2 Å². The highest BCUT2D eigenvalue weighted by atomic mass is 16.3. The molecule has 0 saturated heterocycles. The Bertz CT molecular complexity index is 438. The SMILES string of the molecule is CN(C[C@H]1CCC[C@@H]1O)C(=O)NCCCc1ccccn1. The van der Waals surface area contributed by atoms with Crippen molar-refractivity contribution in [2.24, 2.45) is 5.92 Å². The van der Waals surface area contributed by atoms with Gasteiger partial charge in [-0.1, -0.05) is 12.5 Å². The van der Waals surface area contributed by atoms with E-state index in [2.05, 4.69) is 10.3 Å². The topological polar surface area (TPSA) is 65.5 Å². The first-order valence-electron chi connectivity index (χ1n) is 7.74. The third-order valence-corrected chi connectivity index (χ3v) is 4.09. The van der Waals surface area contributed by atoms with Crippen LogP contribution in [0.15, 0.2) is 24.4 Å². The summed E-state index contributed by atoms with van der Waals surface area (Å²) in [5, 5.41) is 12.7. The highest BCUT2D eigenvalue weighted by molar-refractivity contribution is 5.73. The number of rotatable bonds is 6. The molecule has 0 radical (unpaired) electrons. The van der Waals surface area contributed by atoms with Gasteiger partial charge in [0.15, 0.2) is 0 Å². The van der Waals surface area contributed by atoms with E-state index in [1.807, 2.05) is 18.2 Å². The van der Waals surface area contributed by atoms with E-state index < -0.39 is 0 Å². The van der Waals surface area contributed by atoms with Crippen LogP contribution in [0.25, 0.3) is 0 Å². The maximum atomic E-state index is 12.0. The third kappa shape index (κ3) is 5.01. The van der Waals surface area contributed by atoms with Gasteiger partial charge in [-0.3, -0.25) is 4.98 Å². The number of amides is 2. The quantitative estimate of drug-likeness (QED) is 0.786. The molecule has 116 valence electrons. The van der Waals surface area contributed by atoms with Gasteiger partial charge in [0.2, 0.25) is 0 Å². The molecular weight excluding hydrogens is 266 g/mol. The maximum Gasteiger partial charge on any atom is 0.317 e.